The molecule has 5 N–H and O–H groups in total. The van der Waals surface area contributed by atoms with E-state index in [9.17, 15) is 0 Å². The van der Waals surface area contributed by atoms with Gasteiger partial charge in [0, 0.05) is 3.57 Å². The maximum Gasteiger partial charge on any atom is 0.668 e. The zero-order valence-corrected chi connectivity index (χ0v) is 9.58. The van der Waals surface area contributed by atoms with Crippen molar-refractivity contribution in [2.45, 2.75) is 0 Å². The molecular weight excluding hydrogens is 307 g/mol. The molecule has 0 radical (unpaired) electrons. The third-order valence-corrected chi connectivity index (χ3v) is 1.55. The Hall–Kier alpha value is -0.193. The van der Waals surface area contributed by atoms with E-state index in [2.05, 4.69) is 22.6 Å². The van der Waals surface area contributed by atoms with Crippen molar-refractivity contribution in [3.05, 3.63) is 27.8 Å². The Balaban J connectivity index is 0.000000252. The Bertz CT molecular complexity index is 217. The second-order valence-electron chi connectivity index (χ2n) is 2.08. The van der Waals surface area contributed by atoms with Gasteiger partial charge in [-0.2, -0.15) is 0 Å². The van der Waals surface area contributed by atoms with Crippen molar-refractivity contribution < 1.29 is 24.3 Å². The standard InChI is InChI=1S/C6H5IO.H4O4Si/c7-5-1-3-6(8)4-2-5;1-5(2,3)4/h1-4,8H;1-4H. The van der Waals surface area contributed by atoms with Gasteiger partial charge in [0.15, 0.2) is 0 Å². The van der Waals surface area contributed by atoms with Crippen LogP contribution in [0, 0.1) is 3.57 Å². The summed E-state index contributed by atoms with van der Waals surface area (Å²) in [7, 11) is -4.61. The lowest BCUT2D eigenvalue weighted by molar-refractivity contribution is 0.117. The van der Waals surface area contributed by atoms with Gasteiger partial charge in [-0.3, -0.25) is 0 Å². The fourth-order valence-electron chi connectivity index (χ4n) is 0.441. The summed E-state index contributed by atoms with van der Waals surface area (Å²) in [6.07, 6.45) is 0. The van der Waals surface area contributed by atoms with Gasteiger partial charge in [0.05, 0.1) is 0 Å². The van der Waals surface area contributed by atoms with Crippen molar-refractivity contribution in [2.24, 2.45) is 0 Å². The van der Waals surface area contributed by atoms with Crippen LogP contribution in [0.15, 0.2) is 24.3 Å². The first-order chi connectivity index (χ1) is 5.79. The Morgan fingerprint density at radius 1 is 0.923 bits per heavy atom. The fraction of sp³-hybridized carbons (Fsp3) is 0. The van der Waals surface area contributed by atoms with Crippen molar-refractivity contribution in [3.8, 4) is 5.75 Å². The van der Waals surface area contributed by atoms with Gasteiger partial charge >= 0.3 is 9.05 Å². The summed E-state index contributed by atoms with van der Waals surface area (Å²) in [5, 5.41) is 8.75. The lowest BCUT2D eigenvalue weighted by Crippen LogP contribution is -2.33. The van der Waals surface area contributed by atoms with Gasteiger partial charge in [0.1, 0.15) is 5.75 Å². The number of aromatic hydroxyl groups is 1. The van der Waals surface area contributed by atoms with E-state index in [1.807, 2.05) is 12.1 Å². The van der Waals surface area contributed by atoms with Crippen LogP contribution in [0.1, 0.15) is 0 Å². The first-order valence-corrected chi connectivity index (χ1v) is 6.00. The minimum Gasteiger partial charge on any atom is -0.508 e. The van der Waals surface area contributed by atoms with Gasteiger partial charge < -0.3 is 24.3 Å². The average molecular weight is 316 g/mol. The summed E-state index contributed by atoms with van der Waals surface area (Å²) < 4.78 is 1.14. The summed E-state index contributed by atoms with van der Waals surface area (Å²) >= 11 is 2.19. The average Bonchev–Trinajstić information content (AvgIpc) is 1.92. The van der Waals surface area contributed by atoms with Crippen LogP contribution < -0.4 is 0 Å². The summed E-state index contributed by atoms with van der Waals surface area (Å²) in [6.45, 7) is 0. The van der Waals surface area contributed by atoms with Crippen LogP contribution in [0.4, 0.5) is 0 Å². The van der Waals surface area contributed by atoms with E-state index < -0.39 is 9.05 Å². The summed E-state index contributed by atoms with van der Waals surface area (Å²) in [5.74, 6) is 0.324. The van der Waals surface area contributed by atoms with E-state index in [-0.39, 0.29) is 0 Å². The van der Waals surface area contributed by atoms with Crippen LogP contribution in [0.5, 0.6) is 5.75 Å². The van der Waals surface area contributed by atoms with Gasteiger partial charge in [-0.15, -0.1) is 0 Å². The molecule has 0 amide bonds. The lowest BCUT2D eigenvalue weighted by Gasteiger charge is -1.91. The molecule has 5 nitrogen and oxygen atoms in total. The van der Waals surface area contributed by atoms with E-state index in [0.29, 0.717) is 5.75 Å². The monoisotopic (exact) mass is 316 g/mol. The van der Waals surface area contributed by atoms with Crippen LogP contribution >= 0.6 is 22.6 Å². The molecule has 0 atom stereocenters. The third kappa shape index (κ3) is 11.8. The Labute approximate surface area is 89.5 Å². The molecule has 0 spiro atoms. The molecule has 1 aromatic rings. The van der Waals surface area contributed by atoms with Gasteiger partial charge in [-0.05, 0) is 46.9 Å². The van der Waals surface area contributed by atoms with E-state index in [1.54, 1.807) is 12.1 Å². The van der Waals surface area contributed by atoms with Crippen LogP contribution in [0.3, 0.4) is 0 Å². The second kappa shape index (κ2) is 5.52. The first-order valence-electron chi connectivity index (χ1n) is 3.13. The highest BCUT2D eigenvalue weighted by molar-refractivity contribution is 14.1. The molecule has 0 saturated heterocycles. The highest BCUT2D eigenvalue weighted by Crippen LogP contribution is 2.10. The normalized spacial score (nSPS) is 10.2. The molecule has 0 unspecified atom stereocenters. The van der Waals surface area contributed by atoms with Crippen molar-refractivity contribution in [1.29, 1.82) is 0 Å². The molecule has 0 fully saturated rings. The summed E-state index contributed by atoms with van der Waals surface area (Å²) in [4.78, 5) is 29.3. The van der Waals surface area contributed by atoms with E-state index >= 15 is 0 Å². The number of rotatable bonds is 0. The molecule has 0 aliphatic rings. The summed E-state index contributed by atoms with van der Waals surface area (Å²) in [5.41, 5.74) is 0. The van der Waals surface area contributed by atoms with Crippen molar-refractivity contribution in [1.82, 2.24) is 0 Å². The van der Waals surface area contributed by atoms with Crippen molar-refractivity contribution >= 4 is 31.6 Å². The fourth-order valence-corrected chi connectivity index (χ4v) is 0.801. The Morgan fingerprint density at radius 3 is 1.46 bits per heavy atom. The molecule has 0 aliphatic carbocycles. The molecule has 74 valence electrons. The smallest absolute Gasteiger partial charge is 0.508 e. The SMILES string of the molecule is O[Si](O)(O)O.Oc1ccc(I)cc1. The predicted octanol–water partition coefficient (Wildman–Crippen LogP) is -0.612. The maximum atomic E-state index is 8.75. The van der Waals surface area contributed by atoms with Gasteiger partial charge in [-0.25, -0.2) is 0 Å². The minimum absolute atomic E-state index is 0.324. The number of halogens is 1. The van der Waals surface area contributed by atoms with Crippen LogP contribution in [0.2, 0.25) is 0 Å². The van der Waals surface area contributed by atoms with Crippen molar-refractivity contribution in [2.75, 3.05) is 0 Å². The van der Waals surface area contributed by atoms with E-state index in [1.165, 1.54) is 0 Å². The highest BCUT2D eigenvalue weighted by atomic mass is 127. The molecule has 7 heteroatoms. The molecule has 0 heterocycles. The molecular formula is C6H9IO5Si. The predicted molar refractivity (Wildman–Crippen MR) is 55.5 cm³/mol. The largest absolute Gasteiger partial charge is 0.668 e. The lowest BCUT2D eigenvalue weighted by atomic mass is 10.3. The van der Waals surface area contributed by atoms with Crippen molar-refractivity contribution in [3.63, 3.8) is 0 Å². The molecule has 0 aliphatic heterocycles. The van der Waals surface area contributed by atoms with Gasteiger partial charge in [0.2, 0.25) is 0 Å². The van der Waals surface area contributed by atoms with Crippen LogP contribution in [0.25, 0.3) is 0 Å². The molecule has 13 heavy (non-hydrogen) atoms. The van der Waals surface area contributed by atoms with Gasteiger partial charge in [-0.1, -0.05) is 0 Å². The topological polar surface area (TPSA) is 101 Å². The number of phenols is 1. The number of phenolic OH excluding ortho intramolecular Hbond substituents is 1. The van der Waals surface area contributed by atoms with Gasteiger partial charge in [0.25, 0.3) is 0 Å². The van der Waals surface area contributed by atoms with Crippen LogP contribution in [-0.4, -0.2) is 33.3 Å². The number of hydrogen-bond donors (Lipinski definition) is 5. The summed E-state index contributed by atoms with van der Waals surface area (Å²) in [6, 6.07) is 7.05. The van der Waals surface area contributed by atoms with E-state index in [0.717, 1.165) is 3.57 Å². The number of hydrogen-bond acceptors (Lipinski definition) is 5. The number of benzene rings is 1. The van der Waals surface area contributed by atoms with Crippen LogP contribution in [-0.2, 0) is 0 Å². The quantitative estimate of drug-likeness (QED) is 0.325. The minimum atomic E-state index is -4.61. The second-order valence-corrected chi connectivity index (χ2v) is 4.52. The Kier molecular flexibility index (Phi) is 5.44. The zero-order valence-electron chi connectivity index (χ0n) is 6.42. The highest BCUT2D eigenvalue weighted by Gasteiger charge is 2.22. The maximum absolute atomic E-state index is 8.75. The molecule has 1 aromatic carbocycles. The molecule has 0 aromatic heterocycles. The first kappa shape index (κ1) is 12.8. The molecule has 0 saturated carbocycles. The van der Waals surface area contributed by atoms with E-state index in [4.69, 9.17) is 24.3 Å². The zero-order chi connectivity index (χ0) is 10.5. The molecule has 0 bridgehead atoms. The third-order valence-electron chi connectivity index (χ3n) is 0.827. The molecule has 1 rings (SSSR count). The Morgan fingerprint density at radius 2 is 1.23 bits per heavy atom.